The normalized spacial score (nSPS) is 19.3. The van der Waals surface area contributed by atoms with Gasteiger partial charge in [-0.05, 0) is 44.6 Å². The van der Waals surface area contributed by atoms with E-state index >= 15 is 0 Å². The van der Waals surface area contributed by atoms with Gasteiger partial charge in [0, 0.05) is 4.88 Å². The predicted octanol–water partition coefficient (Wildman–Crippen LogP) is 1.99. The number of thiophene rings is 1. The fourth-order valence-electron chi connectivity index (χ4n) is 2.96. The molecule has 0 spiro atoms. The third kappa shape index (κ3) is 2.48. The van der Waals surface area contributed by atoms with Gasteiger partial charge >= 0.3 is 0 Å². The second-order valence-corrected chi connectivity index (χ2v) is 6.80. The molecule has 0 saturated carbocycles. The topological polar surface area (TPSA) is 77.9 Å². The van der Waals surface area contributed by atoms with Crippen molar-refractivity contribution in [1.82, 2.24) is 9.97 Å². The van der Waals surface area contributed by atoms with E-state index in [-0.39, 0.29) is 0 Å². The zero-order valence-corrected chi connectivity index (χ0v) is 13.2. The summed E-state index contributed by atoms with van der Waals surface area (Å²) in [6.07, 6.45) is 3.43. The molecule has 6 heteroatoms. The van der Waals surface area contributed by atoms with Gasteiger partial charge in [-0.25, -0.2) is 9.97 Å². The molecule has 2 aromatic rings. The summed E-state index contributed by atoms with van der Waals surface area (Å²) in [6.45, 7) is 5.62. The Bertz CT molecular complexity index is 710. The first kappa shape index (κ1) is 14.3. The van der Waals surface area contributed by atoms with Crippen LogP contribution in [0.4, 0.5) is 5.82 Å². The van der Waals surface area contributed by atoms with Crippen LogP contribution < -0.4 is 10.4 Å². The standard InChI is InChI=1S/C15H19N3O2S/c1-7-5-4-6-10-11(7)12-13(16-8(2)15(19)20)17-9(3)18-14(12)21-10/h7-8H,4-6H2,1-3H3,(H,19,20)(H,16,17,18)/p-1/t7-,8-/m0/s1. The number of carbonyl (C=O) groups is 1. The predicted molar refractivity (Wildman–Crippen MR) is 81.6 cm³/mol. The smallest absolute Gasteiger partial charge is 0.139 e. The Kier molecular flexibility index (Phi) is 3.57. The number of hydrogen-bond donors (Lipinski definition) is 1. The molecule has 112 valence electrons. The summed E-state index contributed by atoms with van der Waals surface area (Å²) >= 11 is 1.71. The van der Waals surface area contributed by atoms with Crippen LogP contribution in [0.3, 0.4) is 0 Å². The Morgan fingerprint density at radius 3 is 2.95 bits per heavy atom. The fourth-order valence-corrected chi connectivity index (χ4v) is 4.34. The van der Waals surface area contributed by atoms with Crippen LogP contribution >= 0.6 is 11.3 Å². The molecule has 21 heavy (non-hydrogen) atoms. The number of carboxylic acids is 1. The van der Waals surface area contributed by atoms with Crippen molar-refractivity contribution in [2.75, 3.05) is 5.32 Å². The third-order valence-corrected chi connectivity index (χ3v) is 5.18. The molecule has 1 aliphatic rings. The molecule has 5 nitrogen and oxygen atoms in total. The summed E-state index contributed by atoms with van der Waals surface area (Å²) in [7, 11) is 0. The van der Waals surface area contributed by atoms with Gasteiger partial charge in [0.2, 0.25) is 0 Å². The minimum absolute atomic E-state index is 0.465. The Labute approximate surface area is 127 Å². The van der Waals surface area contributed by atoms with Gasteiger partial charge in [-0.2, -0.15) is 0 Å². The van der Waals surface area contributed by atoms with Gasteiger partial charge in [0.15, 0.2) is 0 Å². The van der Waals surface area contributed by atoms with Crippen molar-refractivity contribution < 1.29 is 9.90 Å². The maximum Gasteiger partial charge on any atom is 0.139 e. The number of aliphatic carboxylic acids is 1. The lowest BCUT2D eigenvalue weighted by Gasteiger charge is -2.21. The molecule has 0 saturated heterocycles. The first-order valence-electron chi connectivity index (χ1n) is 7.24. The van der Waals surface area contributed by atoms with Gasteiger partial charge in [-0.1, -0.05) is 6.92 Å². The van der Waals surface area contributed by atoms with Crippen molar-refractivity contribution in [3.05, 3.63) is 16.3 Å². The minimum atomic E-state index is -1.13. The summed E-state index contributed by atoms with van der Waals surface area (Å²) in [5.41, 5.74) is 1.30. The number of carboxylic acid groups (broad SMARTS) is 1. The Hall–Kier alpha value is -1.69. The number of nitrogens with one attached hydrogen (secondary N) is 1. The van der Waals surface area contributed by atoms with Crippen LogP contribution in [0.1, 0.15) is 48.9 Å². The van der Waals surface area contributed by atoms with E-state index in [1.54, 1.807) is 18.3 Å². The van der Waals surface area contributed by atoms with Crippen LogP contribution in [0.5, 0.6) is 0 Å². The number of anilines is 1. The van der Waals surface area contributed by atoms with E-state index in [0.717, 1.165) is 23.1 Å². The van der Waals surface area contributed by atoms with Gasteiger partial charge in [0.25, 0.3) is 0 Å². The van der Waals surface area contributed by atoms with Crippen LogP contribution in [0.15, 0.2) is 0 Å². The fraction of sp³-hybridized carbons (Fsp3) is 0.533. The van der Waals surface area contributed by atoms with Crippen LogP contribution in [0.2, 0.25) is 0 Å². The molecule has 0 fully saturated rings. The van der Waals surface area contributed by atoms with Crippen molar-refractivity contribution in [2.24, 2.45) is 0 Å². The quantitative estimate of drug-likeness (QED) is 0.938. The molecule has 2 aromatic heterocycles. The molecule has 1 aliphatic carbocycles. The van der Waals surface area contributed by atoms with Crippen molar-refractivity contribution in [3.8, 4) is 0 Å². The van der Waals surface area contributed by atoms with Crippen LogP contribution in [-0.4, -0.2) is 22.0 Å². The highest BCUT2D eigenvalue weighted by molar-refractivity contribution is 7.19. The van der Waals surface area contributed by atoms with Gasteiger partial charge in [0.1, 0.15) is 16.5 Å². The largest absolute Gasteiger partial charge is 0.548 e. The molecule has 2 atom stereocenters. The van der Waals surface area contributed by atoms with Crippen molar-refractivity contribution in [3.63, 3.8) is 0 Å². The monoisotopic (exact) mass is 304 g/mol. The zero-order valence-electron chi connectivity index (χ0n) is 12.4. The number of aryl methyl sites for hydroxylation is 2. The summed E-state index contributed by atoms with van der Waals surface area (Å²) in [5, 5.41) is 15.0. The van der Waals surface area contributed by atoms with Crippen LogP contribution in [0.25, 0.3) is 10.2 Å². The molecule has 2 heterocycles. The Balaban J connectivity index is 2.18. The van der Waals surface area contributed by atoms with Crippen molar-refractivity contribution in [1.29, 1.82) is 0 Å². The van der Waals surface area contributed by atoms with Gasteiger partial charge in [-0.15, -0.1) is 11.3 Å². The SMILES string of the molecule is Cc1nc(N[C@@H](C)C(=O)[O-])c2c3c(sc2n1)CCC[C@@H]3C. The molecule has 3 rings (SSSR count). The maximum atomic E-state index is 11.0. The lowest BCUT2D eigenvalue weighted by Crippen LogP contribution is -2.38. The maximum absolute atomic E-state index is 11.0. The van der Waals surface area contributed by atoms with Crippen molar-refractivity contribution in [2.45, 2.75) is 52.0 Å². The average Bonchev–Trinajstić information content (AvgIpc) is 2.77. The second kappa shape index (κ2) is 5.26. The van der Waals surface area contributed by atoms with Gasteiger partial charge in [-0.3, -0.25) is 0 Å². The minimum Gasteiger partial charge on any atom is -0.548 e. The Morgan fingerprint density at radius 2 is 2.24 bits per heavy atom. The number of nitrogens with zero attached hydrogens (tertiary/aromatic N) is 2. The number of rotatable bonds is 3. The highest BCUT2D eigenvalue weighted by Gasteiger charge is 2.25. The second-order valence-electron chi connectivity index (χ2n) is 5.72. The summed E-state index contributed by atoms with van der Waals surface area (Å²) < 4.78 is 0. The highest BCUT2D eigenvalue weighted by Crippen LogP contribution is 2.43. The molecule has 0 radical (unpaired) electrons. The van der Waals surface area contributed by atoms with Gasteiger partial charge < -0.3 is 15.2 Å². The zero-order chi connectivity index (χ0) is 15.1. The average molecular weight is 304 g/mol. The lowest BCUT2D eigenvalue weighted by molar-refractivity contribution is -0.306. The Morgan fingerprint density at radius 1 is 1.48 bits per heavy atom. The van der Waals surface area contributed by atoms with E-state index in [1.807, 2.05) is 6.92 Å². The molecule has 0 unspecified atom stereocenters. The first-order valence-corrected chi connectivity index (χ1v) is 8.06. The third-order valence-electron chi connectivity index (χ3n) is 4.02. The first-order chi connectivity index (χ1) is 9.97. The van der Waals surface area contributed by atoms with Crippen LogP contribution in [-0.2, 0) is 11.2 Å². The molecule has 0 bridgehead atoms. The number of fused-ring (bicyclic) bond motifs is 3. The number of aromatic nitrogens is 2. The van der Waals surface area contributed by atoms with Crippen LogP contribution in [0, 0.1) is 6.92 Å². The van der Waals surface area contributed by atoms with E-state index in [0.29, 0.717) is 17.6 Å². The van der Waals surface area contributed by atoms with E-state index in [4.69, 9.17) is 0 Å². The molecular formula is C15H18N3O2S-. The summed E-state index contributed by atoms with van der Waals surface area (Å²) in [6, 6.07) is -0.781. The lowest BCUT2D eigenvalue weighted by atomic mass is 9.87. The van der Waals surface area contributed by atoms with E-state index in [9.17, 15) is 9.90 Å². The van der Waals surface area contributed by atoms with E-state index in [2.05, 4.69) is 22.2 Å². The van der Waals surface area contributed by atoms with E-state index < -0.39 is 12.0 Å². The molecule has 0 amide bonds. The molecule has 0 aliphatic heterocycles. The molecule has 0 aromatic carbocycles. The summed E-state index contributed by atoms with van der Waals surface area (Å²) in [5.74, 6) is 0.617. The number of hydrogen-bond acceptors (Lipinski definition) is 6. The molecular weight excluding hydrogens is 286 g/mol. The highest BCUT2D eigenvalue weighted by atomic mass is 32.1. The number of carbonyl (C=O) groups excluding carboxylic acids is 1. The van der Waals surface area contributed by atoms with Crippen molar-refractivity contribution >= 4 is 33.3 Å². The summed E-state index contributed by atoms with van der Waals surface area (Å²) in [4.78, 5) is 22.3. The van der Waals surface area contributed by atoms with E-state index in [1.165, 1.54) is 16.9 Å². The molecule has 1 N–H and O–H groups in total. The van der Waals surface area contributed by atoms with Gasteiger partial charge in [0.05, 0.1) is 17.4 Å².